The minimum atomic E-state index is -1.91. The van der Waals surface area contributed by atoms with Crippen LogP contribution in [-0.4, -0.2) is 89.2 Å². The van der Waals surface area contributed by atoms with E-state index in [0.717, 1.165) is 128 Å². The number of carboxylic acid groups (broad SMARTS) is 1. The number of ether oxygens (including phenoxy) is 5. The molecular weight excluding hydrogens is 1070 g/mol. The van der Waals surface area contributed by atoms with E-state index in [9.17, 15) is 34.5 Å². The Morgan fingerprint density at radius 2 is 0.706 bits per heavy atom. The van der Waals surface area contributed by atoms with Crippen molar-refractivity contribution in [1.29, 1.82) is 0 Å². The van der Waals surface area contributed by atoms with Crippen molar-refractivity contribution in [3.63, 3.8) is 0 Å². The van der Waals surface area contributed by atoms with E-state index in [1.807, 2.05) is 0 Å². The first-order valence-electron chi connectivity index (χ1n) is 34.9. The number of aliphatic hydroxyl groups excluding tert-OH is 2. The Balaban J connectivity index is 2.64. The van der Waals surface area contributed by atoms with E-state index in [4.69, 9.17) is 23.7 Å². The van der Waals surface area contributed by atoms with Crippen LogP contribution < -0.4 is 0 Å². The normalized spacial score (nSPS) is 17.9. The van der Waals surface area contributed by atoms with E-state index in [-0.39, 0.29) is 25.9 Å². The highest BCUT2D eigenvalue weighted by Gasteiger charge is 2.50. The molecule has 3 N–H and O–H groups in total. The van der Waals surface area contributed by atoms with Crippen molar-refractivity contribution >= 4 is 23.9 Å². The molecule has 12 heteroatoms. The molecule has 85 heavy (non-hydrogen) atoms. The van der Waals surface area contributed by atoms with Gasteiger partial charge in [0.25, 0.3) is 0 Å². The number of carbonyl (C=O) groups is 4. The van der Waals surface area contributed by atoms with Gasteiger partial charge in [0.1, 0.15) is 18.8 Å². The summed E-state index contributed by atoms with van der Waals surface area (Å²) < 4.78 is 28.6. The van der Waals surface area contributed by atoms with Crippen LogP contribution in [0, 0.1) is 0 Å². The molecule has 1 aliphatic heterocycles. The zero-order chi connectivity index (χ0) is 61.7. The molecule has 6 unspecified atom stereocenters. The Bertz CT molecular complexity index is 1750. The van der Waals surface area contributed by atoms with Crippen molar-refractivity contribution in [3.05, 3.63) is 72.9 Å². The average molecular weight is 1200 g/mol. The summed E-state index contributed by atoms with van der Waals surface area (Å²) in [6.07, 6.45) is 65.6. The van der Waals surface area contributed by atoms with Crippen molar-refractivity contribution in [2.45, 2.75) is 353 Å². The van der Waals surface area contributed by atoms with Gasteiger partial charge >= 0.3 is 23.9 Å². The number of allylic oxidation sites excluding steroid dienone is 12. The Labute approximate surface area is 518 Å². The second kappa shape index (κ2) is 60.4. The number of hydrogen-bond acceptors (Lipinski definition) is 11. The molecule has 0 spiro atoms. The Kier molecular flexibility index (Phi) is 56.3. The minimum absolute atomic E-state index is 0.0502. The molecule has 0 bridgehead atoms. The number of carbonyl (C=O) groups excluding carboxylic acids is 3. The summed E-state index contributed by atoms with van der Waals surface area (Å²) in [5.41, 5.74) is 0. The number of carboxylic acids is 1. The third kappa shape index (κ3) is 49.8. The van der Waals surface area contributed by atoms with Crippen molar-refractivity contribution in [1.82, 2.24) is 0 Å². The van der Waals surface area contributed by atoms with Gasteiger partial charge in [0.15, 0.2) is 24.6 Å². The Morgan fingerprint density at radius 1 is 0.388 bits per heavy atom. The highest BCUT2D eigenvalue weighted by Crippen LogP contribution is 2.27. The lowest BCUT2D eigenvalue weighted by Crippen LogP contribution is -2.61. The van der Waals surface area contributed by atoms with Crippen LogP contribution in [0.15, 0.2) is 72.9 Å². The summed E-state index contributed by atoms with van der Waals surface area (Å²) in [5, 5.41) is 31.7. The monoisotopic (exact) mass is 1190 g/mol. The van der Waals surface area contributed by atoms with Crippen molar-refractivity contribution in [2.75, 3.05) is 13.2 Å². The standard InChI is InChI=1S/C73H126O12/c1-4-7-10-13-16-19-22-25-28-31-33-36-38-41-44-47-50-53-56-59-65(74)81-62-64(83-66(75)60-57-54-51-48-45-42-40-37-34-32-29-26-23-20-17-14-11-8-5-2)63-82-73-71(69(78)68(77)70(85-73)72(79)80)84-67(76)61-58-55-52-49-46-43-39-35-30-27-24-21-18-15-12-9-6-3/h16-21,25-30,64,68-71,73,77-78H,4-15,22-24,31-63H2,1-3H3,(H,79,80)/b19-16-,20-17-,21-18-,28-25-,29-26-,30-27-. The summed E-state index contributed by atoms with van der Waals surface area (Å²) in [6.45, 7) is 5.96. The predicted octanol–water partition coefficient (Wildman–Crippen LogP) is 19.2. The minimum Gasteiger partial charge on any atom is -0.479 e. The van der Waals surface area contributed by atoms with Gasteiger partial charge in [-0.25, -0.2) is 4.79 Å². The van der Waals surface area contributed by atoms with E-state index in [0.29, 0.717) is 19.3 Å². The maximum Gasteiger partial charge on any atom is 0.335 e. The molecule has 0 radical (unpaired) electrons. The van der Waals surface area contributed by atoms with Gasteiger partial charge in [0.05, 0.1) is 6.61 Å². The number of esters is 3. The van der Waals surface area contributed by atoms with Gasteiger partial charge in [0, 0.05) is 19.3 Å². The molecule has 1 rings (SSSR count). The van der Waals surface area contributed by atoms with E-state index < -0.39 is 67.3 Å². The quantitative estimate of drug-likeness (QED) is 0.0228. The second-order valence-corrected chi connectivity index (χ2v) is 23.8. The van der Waals surface area contributed by atoms with Crippen molar-refractivity contribution in [2.24, 2.45) is 0 Å². The molecule has 0 saturated carbocycles. The fourth-order valence-corrected chi connectivity index (χ4v) is 10.3. The van der Waals surface area contributed by atoms with Crippen LogP contribution in [0.25, 0.3) is 0 Å². The van der Waals surface area contributed by atoms with Gasteiger partial charge in [-0.3, -0.25) is 14.4 Å². The molecule has 12 nitrogen and oxygen atoms in total. The van der Waals surface area contributed by atoms with Crippen LogP contribution in [0.4, 0.5) is 0 Å². The molecule has 490 valence electrons. The highest BCUT2D eigenvalue weighted by molar-refractivity contribution is 5.74. The number of unbranched alkanes of at least 4 members (excludes halogenated alkanes) is 34. The maximum atomic E-state index is 13.2. The number of aliphatic hydroxyl groups is 2. The number of aliphatic carboxylic acids is 1. The van der Waals surface area contributed by atoms with Gasteiger partial charge in [-0.05, 0) is 116 Å². The predicted molar refractivity (Wildman–Crippen MR) is 349 cm³/mol. The fourth-order valence-electron chi connectivity index (χ4n) is 10.3. The van der Waals surface area contributed by atoms with E-state index in [1.54, 1.807) is 0 Å². The lowest BCUT2D eigenvalue weighted by Gasteiger charge is -2.40. The second-order valence-electron chi connectivity index (χ2n) is 23.8. The molecule has 0 aliphatic carbocycles. The SMILES string of the molecule is CCCCC/C=C\C/C=C\CCCCCCCCCCCC(=O)OCC(COC1OC(C(=O)O)C(O)C(O)C1OC(=O)CCCCCCCCC/C=C\C/C=C\CCCCC)OC(=O)CCCCCCCCCCC/C=C\C/C=C\CCCCC. The van der Waals surface area contributed by atoms with Gasteiger partial charge in [-0.15, -0.1) is 0 Å². The van der Waals surface area contributed by atoms with Crippen LogP contribution in [0.2, 0.25) is 0 Å². The number of hydrogen-bond donors (Lipinski definition) is 3. The fraction of sp³-hybridized carbons (Fsp3) is 0.781. The molecule has 6 atom stereocenters. The molecule has 1 heterocycles. The van der Waals surface area contributed by atoms with Crippen LogP contribution in [0.1, 0.15) is 316 Å². The zero-order valence-corrected chi connectivity index (χ0v) is 54.3. The summed E-state index contributed by atoms with van der Waals surface area (Å²) >= 11 is 0. The smallest absolute Gasteiger partial charge is 0.335 e. The van der Waals surface area contributed by atoms with Crippen LogP contribution in [-0.2, 0) is 42.9 Å². The maximum absolute atomic E-state index is 13.2. The first-order chi connectivity index (χ1) is 41.6. The molecule has 1 fully saturated rings. The summed E-state index contributed by atoms with van der Waals surface area (Å²) in [5.74, 6) is -3.12. The zero-order valence-electron chi connectivity index (χ0n) is 54.3. The molecular formula is C73H126O12. The van der Waals surface area contributed by atoms with Gasteiger partial charge in [-0.1, -0.05) is 254 Å². The number of rotatable bonds is 60. The largest absolute Gasteiger partial charge is 0.479 e. The Hall–Kier alpha value is -3.84. The van der Waals surface area contributed by atoms with E-state index >= 15 is 0 Å². The molecule has 0 aromatic carbocycles. The van der Waals surface area contributed by atoms with Gasteiger partial charge in [0.2, 0.25) is 0 Å². The van der Waals surface area contributed by atoms with Crippen LogP contribution in [0.5, 0.6) is 0 Å². The molecule has 0 amide bonds. The van der Waals surface area contributed by atoms with Crippen molar-refractivity contribution in [3.8, 4) is 0 Å². The molecule has 1 aliphatic rings. The lowest BCUT2D eigenvalue weighted by molar-refractivity contribution is -0.301. The highest BCUT2D eigenvalue weighted by atomic mass is 16.7. The topological polar surface area (TPSA) is 175 Å². The lowest BCUT2D eigenvalue weighted by atomic mass is 9.98. The van der Waals surface area contributed by atoms with Gasteiger partial charge < -0.3 is 39.0 Å². The first kappa shape index (κ1) is 79.2. The third-order valence-electron chi connectivity index (χ3n) is 15.7. The average Bonchev–Trinajstić information content (AvgIpc) is 3.46. The summed E-state index contributed by atoms with van der Waals surface area (Å²) in [4.78, 5) is 51.5. The first-order valence-corrected chi connectivity index (χ1v) is 34.9. The molecule has 0 aromatic heterocycles. The Morgan fingerprint density at radius 3 is 1.06 bits per heavy atom. The van der Waals surface area contributed by atoms with Crippen LogP contribution >= 0.6 is 0 Å². The van der Waals surface area contributed by atoms with E-state index in [2.05, 4.69) is 93.7 Å². The third-order valence-corrected chi connectivity index (χ3v) is 15.7. The van der Waals surface area contributed by atoms with Crippen molar-refractivity contribution < 1.29 is 58.2 Å². The molecule has 0 aromatic rings. The molecule has 1 saturated heterocycles. The summed E-state index contributed by atoms with van der Waals surface area (Å²) in [7, 11) is 0. The summed E-state index contributed by atoms with van der Waals surface area (Å²) in [6, 6.07) is 0. The van der Waals surface area contributed by atoms with Crippen LogP contribution in [0.3, 0.4) is 0 Å². The van der Waals surface area contributed by atoms with Gasteiger partial charge in [-0.2, -0.15) is 0 Å². The van der Waals surface area contributed by atoms with E-state index in [1.165, 1.54) is 128 Å².